The van der Waals surface area contributed by atoms with Crippen molar-refractivity contribution >= 4 is 16.6 Å². The number of aromatic nitrogens is 2. The van der Waals surface area contributed by atoms with Crippen LogP contribution in [0.4, 0.5) is 0 Å². The van der Waals surface area contributed by atoms with Gasteiger partial charge in [0.1, 0.15) is 5.75 Å². The van der Waals surface area contributed by atoms with Gasteiger partial charge in [-0.3, -0.25) is 14.7 Å². The van der Waals surface area contributed by atoms with Gasteiger partial charge in [0.15, 0.2) is 0 Å². The average molecular weight is 379 g/mol. The van der Waals surface area contributed by atoms with Crippen molar-refractivity contribution in [2.24, 2.45) is 0 Å². The molecule has 3 aromatic rings. The van der Waals surface area contributed by atoms with Crippen LogP contribution in [-0.2, 0) is 0 Å². The first-order chi connectivity index (χ1) is 13.5. The number of rotatable bonds is 5. The second kappa shape index (κ2) is 7.72. The van der Waals surface area contributed by atoms with Gasteiger partial charge in [0, 0.05) is 29.3 Å². The number of Topliss-reactive ketones (excluding diaryl/α,β-unsaturated/α-hetero) is 1. The number of benzene rings is 1. The van der Waals surface area contributed by atoms with Crippen LogP contribution in [0.1, 0.15) is 46.3 Å². The van der Waals surface area contributed by atoms with E-state index in [4.69, 9.17) is 14.2 Å². The molecule has 0 bridgehead atoms. The number of pyridine rings is 1. The van der Waals surface area contributed by atoms with Crippen LogP contribution in [0.15, 0.2) is 35.0 Å². The van der Waals surface area contributed by atoms with Gasteiger partial charge in [-0.15, -0.1) is 0 Å². The van der Waals surface area contributed by atoms with Gasteiger partial charge in [0.05, 0.1) is 19.3 Å². The molecule has 4 rings (SSSR count). The molecule has 0 aliphatic carbocycles. The molecule has 0 saturated carbocycles. The van der Waals surface area contributed by atoms with Crippen molar-refractivity contribution < 1.29 is 14.1 Å². The number of carbonyl (C=O) groups is 1. The normalized spacial score (nSPS) is 15.8. The quantitative estimate of drug-likeness (QED) is 0.626. The van der Waals surface area contributed by atoms with Crippen LogP contribution in [0.2, 0.25) is 0 Å². The standard InChI is InChI=1S/C22H25N3O3/c1-14-10-22(28-24-14)20(26)13-25-8-6-16(7-9-25)19-11-18-15(2)21(27-3)5-4-17(18)12-23-19/h4-5,10-12,16H,6-9,13H2,1-3H3. The summed E-state index contributed by atoms with van der Waals surface area (Å²) >= 11 is 0. The highest BCUT2D eigenvalue weighted by Crippen LogP contribution is 2.32. The van der Waals surface area contributed by atoms with Crippen LogP contribution in [0.5, 0.6) is 5.75 Å². The van der Waals surface area contributed by atoms with Crippen molar-refractivity contribution in [3.63, 3.8) is 0 Å². The first-order valence-corrected chi connectivity index (χ1v) is 9.67. The highest BCUT2D eigenvalue weighted by molar-refractivity contribution is 5.95. The molecule has 0 amide bonds. The molecule has 146 valence electrons. The summed E-state index contributed by atoms with van der Waals surface area (Å²) in [5, 5.41) is 6.12. The Labute approximate surface area is 164 Å². The lowest BCUT2D eigenvalue weighted by atomic mass is 9.91. The number of nitrogens with zero attached hydrogens (tertiary/aromatic N) is 3. The van der Waals surface area contributed by atoms with Crippen molar-refractivity contribution in [1.82, 2.24) is 15.0 Å². The Morgan fingerprint density at radius 3 is 2.71 bits per heavy atom. The summed E-state index contributed by atoms with van der Waals surface area (Å²) in [6.07, 6.45) is 3.94. The van der Waals surface area contributed by atoms with Gasteiger partial charge in [-0.25, -0.2) is 0 Å². The minimum atomic E-state index is -0.00870. The third-order valence-corrected chi connectivity index (χ3v) is 5.64. The monoisotopic (exact) mass is 379 g/mol. The minimum absolute atomic E-state index is 0.00870. The second-order valence-corrected chi connectivity index (χ2v) is 7.53. The van der Waals surface area contributed by atoms with E-state index in [-0.39, 0.29) is 5.78 Å². The van der Waals surface area contributed by atoms with Gasteiger partial charge < -0.3 is 9.26 Å². The van der Waals surface area contributed by atoms with Crippen LogP contribution in [0.25, 0.3) is 10.8 Å². The maximum Gasteiger partial charge on any atom is 0.214 e. The number of likely N-dealkylation sites (tertiary alicyclic amines) is 1. The summed E-state index contributed by atoms with van der Waals surface area (Å²) < 4.78 is 10.5. The molecule has 0 spiro atoms. The van der Waals surface area contributed by atoms with Crippen LogP contribution in [-0.4, -0.2) is 47.6 Å². The zero-order valence-corrected chi connectivity index (χ0v) is 16.6. The molecule has 0 unspecified atom stereocenters. The topological polar surface area (TPSA) is 68.5 Å². The first kappa shape index (κ1) is 18.6. The number of aryl methyl sites for hydroxylation is 2. The zero-order valence-electron chi connectivity index (χ0n) is 16.6. The molecule has 6 heteroatoms. The van der Waals surface area contributed by atoms with Crippen LogP contribution >= 0.6 is 0 Å². The molecule has 2 aromatic heterocycles. The Kier molecular flexibility index (Phi) is 5.13. The fourth-order valence-electron chi connectivity index (χ4n) is 3.97. The van der Waals surface area contributed by atoms with E-state index in [0.29, 0.717) is 18.2 Å². The van der Waals surface area contributed by atoms with Gasteiger partial charge in [-0.1, -0.05) is 5.16 Å². The Hall–Kier alpha value is -2.73. The predicted molar refractivity (Wildman–Crippen MR) is 107 cm³/mol. The van der Waals surface area contributed by atoms with Crippen molar-refractivity contribution in [2.75, 3.05) is 26.7 Å². The molecule has 6 nitrogen and oxygen atoms in total. The summed E-state index contributed by atoms with van der Waals surface area (Å²) in [5.41, 5.74) is 3.01. The number of fused-ring (bicyclic) bond motifs is 1. The molecule has 0 N–H and O–H groups in total. The smallest absolute Gasteiger partial charge is 0.214 e. The van der Waals surface area contributed by atoms with Gasteiger partial charge in [-0.2, -0.15) is 0 Å². The number of carbonyl (C=O) groups excluding carboxylic acids is 1. The lowest BCUT2D eigenvalue weighted by Crippen LogP contribution is -2.36. The lowest BCUT2D eigenvalue weighted by molar-refractivity contribution is 0.0872. The summed E-state index contributed by atoms with van der Waals surface area (Å²) in [7, 11) is 1.70. The van der Waals surface area contributed by atoms with Crippen LogP contribution in [0.3, 0.4) is 0 Å². The van der Waals surface area contributed by atoms with E-state index in [9.17, 15) is 4.79 Å². The summed E-state index contributed by atoms with van der Waals surface area (Å²) in [6.45, 7) is 6.04. The molecule has 3 heterocycles. The van der Waals surface area contributed by atoms with E-state index < -0.39 is 0 Å². The zero-order chi connectivity index (χ0) is 19.7. The van der Waals surface area contributed by atoms with Gasteiger partial charge in [0.25, 0.3) is 0 Å². The molecule has 0 atom stereocenters. The van der Waals surface area contributed by atoms with E-state index in [1.165, 1.54) is 5.39 Å². The van der Waals surface area contributed by atoms with Crippen LogP contribution in [0, 0.1) is 13.8 Å². The highest BCUT2D eigenvalue weighted by Gasteiger charge is 2.24. The van der Waals surface area contributed by atoms with E-state index in [1.54, 1.807) is 13.2 Å². The maximum atomic E-state index is 12.3. The van der Waals surface area contributed by atoms with Crippen LogP contribution < -0.4 is 4.74 Å². The van der Waals surface area contributed by atoms with Crippen molar-refractivity contribution in [3.05, 3.63) is 53.2 Å². The number of methoxy groups -OCH3 is 1. The number of ether oxygens (including phenoxy) is 1. The largest absolute Gasteiger partial charge is 0.496 e. The van der Waals surface area contributed by atoms with E-state index in [0.717, 1.165) is 54.0 Å². The maximum absolute atomic E-state index is 12.3. The number of piperidine rings is 1. The molecule has 28 heavy (non-hydrogen) atoms. The minimum Gasteiger partial charge on any atom is -0.496 e. The van der Waals surface area contributed by atoms with Crippen molar-refractivity contribution in [2.45, 2.75) is 32.6 Å². The van der Waals surface area contributed by atoms with E-state index in [2.05, 4.69) is 29.1 Å². The van der Waals surface area contributed by atoms with Gasteiger partial charge in [0.2, 0.25) is 11.5 Å². The third-order valence-electron chi connectivity index (χ3n) is 5.64. The third kappa shape index (κ3) is 3.64. The fourth-order valence-corrected chi connectivity index (χ4v) is 3.97. The molecule has 1 aliphatic heterocycles. The fraction of sp³-hybridized carbons (Fsp3) is 0.409. The molecule has 1 saturated heterocycles. The SMILES string of the molecule is COc1ccc2cnc(C3CCN(CC(=O)c4cc(C)no4)CC3)cc2c1C. The number of ketones is 1. The Bertz CT molecular complexity index is 1000. The molecule has 1 aromatic carbocycles. The van der Waals surface area contributed by atoms with Crippen molar-refractivity contribution in [3.8, 4) is 5.75 Å². The molecular formula is C22H25N3O3. The molecule has 1 fully saturated rings. The van der Waals surface area contributed by atoms with E-state index in [1.807, 2.05) is 19.2 Å². The molecule has 1 aliphatic rings. The highest BCUT2D eigenvalue weighted by atomic mass is 16.5. The second-order valence-electron chi connectivity index (χ2n) is 7.53. The Morgan fingerprint density at radius 1 is 1.25 bits per heavy atom. The Morgan fingerprint density at radius 2 is 2.04 bits per heavy atom. The molecular weight excluding hydrogens is 354 g/mol. The van der Waals surface area contributed by atoms with E-state index >= 15 is 0 Å². The molecule has 0 radical (unpaired) electrons. The summed E-state index contributed by atoms with van der Waals surface area (Å²) in [4.78, 5) is 19.2. The number of hydrogen-bond donors (Lipinski definition) is 0. The predicted octanol–water partition coefficient (Wildman–Crippen LogP) is 3.91. The van der Waals surface area contributed by atoms with Gasteiger partial charge in [-0.05, 0) is 68.9 Å². The lowest BCUT2D eigenvalue weighted by Gasteiger charge is -2.31. The summed E-state index contributed by atoms with van der Waals surface area (Å²) in [6, 6.07) is 7.95. The average Bonchev–Trinajstić information content (AvgIpc) is 3.15. The van der Waals surface area contributed by atoms with Gasteiger partial charge >= 0.3 is 0 Å². The number of hydrogen-bond acceptors (Lipinski definition) is 6. The van der Waals surface area contributed by atoms with Crippen molar-refractivity contribution in [1.29, 1.82) is 0 Å². The summed E-state index contributed by atoms with van der Waals surface area (Å²) in [5.74, 6) is 1.65. The Balaban J connectivity index is 1.43. The first-order valence-electron chi connectivity index (χ1n) is 9.67.